The Morgan fingerprint density at radius 3 is 1.61 bits per heavy atom. The molecule has 0 aromatic carbocycles. The zero-order chi connectivity index (χ0) is 37.7. The van der Waals surface area contributed by atoms with E-state index in [1.165, 1.54) is 44.9 Å². The third-order valence-corrected chi connectivity index (χ3v) is 8.64. The van der Waals surface area contributed by atoms with Crippen LogP contribution < -0.4 is 0 Å². The number of carbonyl (C=O) groups excluding carboxylic acids is 2. The molecular formula is C40H69O10P. The standard InChI is InChI=1S/C40H69O10P/c1-3-5-7-9-11-13-15-16-17-18-19-20-22-24-26-28-30-32-40(44)50-38(36-49-51(45,46)48-34-37(42)33-41)35-47-39(43)31-29-27-25-23-21-14-12-10-8-6-4-2/h5,7,11,13,16-17,19-20,24,26,37-38,41-42H,3-4,6,8-10,12,14-15,18,21-23,25,27-36H2,1-2H3,(H,45,46)/b7-5-,13-11-,17-16-,20-19-,26-24-. The number of hydrogen-bond acceptors (Lipinski definition) is 9. The summed E-state index contributed by atoms with van der Waals surface area (Å²) in [6, 6.07) is 0. The molecule has 0 fully saturated rings. The number of rotatable bonds is 35. The summed E-state index contributed by atoms with van der Waals surface area (Å²) < 4.78 is 32.5. The Morgan fingerprint density at radius 2 is 1.08 bits per heavy atom. The van der Waals surface area contributed by atoms with Crippen molar-refractivity contribution in [3.05, 3.63) is 60.8 Å². The molecule has 0 amide bonds. The molecule has 0 aliphatic heterocycles. The van der Waals surface area contributed by atoms with Gasteiger partial charge in [-0.25, -0.2) is 4.57 Å². The van der Waals surface area contributed by atoms with E-state index in [1.807, 2.05) is 12.2 Å². The first-order chi connectivity index (χ1) is 24.7. The van der Waals surface area contributed by atoms with Crippen molar-refractivity contribution in [3.63, 3.8) is 0 Å². The van der Waals surface area contributed by atoms with E-state index in [-0.39, 0.29) is 19.4 Å². The van der Waals surface area contributed by atoms with E-state index in [2.05, 4.69) is 67.0 Å². The predicted octanol–water partition coefficient (Wildman–Crippen LogP) is 9.55. The summed E-state index contributed by atoms with van der Waals surface area (Å²) in [4.78, 5) is 34.8. The van der Waals surface area contributed by atoms with Crippen LogP contribution in [-0.2, 0) is 32.7 Å². The van der Waals surface area contributed by atoms with Crippen LogP contribution in [0.25, 0.3) is 0 Å². The van der Waals surface area contributed by atoms with Crippen molar-refractivity contribution in [1.82, 2.24) is 0 Å². The highest BCUT2D eigenvalue weighted by Crippen LogP contribution is 2.43. The molecule has 0 radical (unpaired) electrons. The lowest BCUT2D eigenvalue weighted by Gasteiger charge is -2.20. The van der Waals surface area contributed by atoms with Gasteiger partial charge in [0.1, 0.15) is 12.7 Å². The number of unbranched alkanes of at least 4 members (excludes halogenated alkanes) is 11. The summed E-state index contributed by atoms with van der Waals surface area (Å²) in [5, 5.41) is 18.3. The zero-order valence-electron chi connectivity index (χ0n) is 31.5. The van der Waals surface area contributed by atoms with E-state index in [0.29, 0.717) is 19.3 Å². The molecule has 3 unspecified atom stereocenters. The van der Waals surface area contributed by atoms with Crippen LogP contribution in [0, 0.1) is 0 Å². The van der Waals surface area contributed by atoms with Gasteiger partial charge in [0.2, 0.25) is 0 Å². The summed E-state index contributed by atoms with van der Waals surface area (Å²) in [5.74, 6) is -0.998. The van der Waals surface area contributed by atoms with E-state index in [1.54, 1.807) is 0 Å². The molecule has 10 nitrogen and oxygen atoms in total. The van der Waals surface area contributed by atoms with Crippen LogP contribution in [0.15, 0.2) is 60.8 Å². The highest BCUT2D eigenvalue weighted by atomic mass is 31.2. The topological polar surface area (TPSA) is 149 Å². The van der Waals surface area contributed by atoms with Gasteiger partial charge in [0.15, 0.2) is 6.10 Å². The van der Waals surface area contributed by atoms with Gasteiger partial charge in [-0.2, -0.15) is 0 Å². The minimum atomic E-state index is -4.63. The van der Waals surface area contributed by atoms with Gasteiger partial charge < -0.3 is 24.6 Å². The monoisotopic (exact) mass is 740 g/mol. The van der Waals surface area contributed by atoms with E-state index in [9.17, 15) is 24.2 Å². The minimum absolute atomic E-state index is 0.105. The zero-order valence-corrected chi connectivity index (χ0v) is 32.4. The Labute approximate surface area is 308 Å². The molecular weight excluding hydrogens is 671 g/mol. The normalized spacial score (nSPS) is 14.7. The second-order valence-corrected chi connectivity index (χ2v) is 14.0. The fraction of sp³-hybridized carbons (Fsp3) is 0.700. The number of carbonyl (C=O) groups is 2. The fourth-order valence-corrected chi connectivity index (χ4v) is 5.52. The number of aliphatic hydroxyl groups excluding tert-OH is 2. The Hall–Kier alpha value is -2.33. The average molecular weight is 741 g/mol. The highest BCUT2D eigenvalue weighted by molar-refractivity contribution is 7.47. The van der Waals surface area contributed by atoms with Crippen molar-refractivity contribution < 1.29 is 47.8 Å². The Bertz CT molecular complexity index is 1040. The quantitative estimate of drug-likeness (QED) is 0.0248. The number of allylic oxidation sites excluding steroid dienone is 10. The third-order valence-electron chi connectivity index (χ3n) is 7.69. The van der Waals surface area contributed by atoms with Crippen LogP contribution in [-0.4, -0.2) is 65.7 Å². The summed E-state index contributed by atoms with van der Waals surface area (Å²) >= 11 is 0. The number of ether oxygens (including phenoxy) is 2. The molecule has 3 N–H and O–H groups in total. The Balaban J connectivity index is 4.48. The van der Waals surface area contributed by atoms with Gasteiger partial charge in [0.25, 0.3) is 0 Å². The predicted molar refractivity (Wildman–Crippen MR) is 205 cm³/mol. The number of phosphoric ester groups is 1. The van der Waals surface area contributed by atoms with Crippen LogP contribution in [0.2, 0.25) is 0 Å². The lowest BCUT2D eigenvalue weighted by atomic mass is 10.1. The molecule has 0 saturated carbocycles. The van der Waals surface area contributed by atoms with Crippen molar-refractivity contribution in [2.45, 2.75) is 154 Å². The molecule has 0 heterocycles. The van der Waals surface area contributed by atoms with Crippen LogP contribution >= 0.6 is 7.82 Å². The molecule has 0 aliphatic carbocycles. The van der Waals surface area contributed by atoms with E-state index in [0.717, 1.165) is 51.4 Å². The van der Waals surface area contributed by atoms with Crippen molar-refractivity contribution in [2.24, 2.45) is 0 Å². The number of aliphatic hydroxyl groups is 2. The first-order valence-electron chi connectivity index (χ1n) is 19.2. The minimum Gasteiger partial charge on any atom is -0.462 e. The molecule has 294 valence electrons. The third kappa shape index (κ3) is 35.8. The molecule has 0 bridgehead atoms. The summed E-state index contributed by atoms with van der Waals surface area (Å²) in [6.45, 7) is 2.16. The van der Waals surface area contributed by atoms with Crippen molar-refractivity contribution in [3.8, 4) is 0 Å². The molecule has 0 spiro atoms. The lowest BCUT2D eigenvalue weighted by molar-refractivity contribution is -0.161. The highest BCUT2D eigenvalue weighted by Gasteiger charge is 2.27. The van der Waals surface area contributed by atoms with Crippen LogP contribution in [0.4, 0.5) is 0 Å². The molecule has 0 aliphatic rings. The second kappa shape index (κ2) is 36.0. The van der Waals surface area contributed by atoms with Gasteiger partial charge in [-0.15, -0.1) is 0 Å². The van der Waals surface area contributed by atoms with Gasteiger partial charge >= 0.3 is 19.8 Å². The van der Waals surface area contributed by atoms with Crippen LogP contribution in [0.3, 0.4) is 0 Å². The molecule has 3 atom stereocenters. The van der Waals surface area contributed by atoms with Crippen LogP contribution in [0.5, 0.6) is 0 Å². The maximum absolute atomic E-state index is 12.5. The SMILES string of the molecule is CC/C=C\C/C=C\C/C=C\C/C=C\C/C=C\CCCC(=O)OC(COC(=O)CCCCCCCCCCCCC)COP(=O)(O)OCC(O)CO. The molecule has 0 rings (SSSR count). The smallest absolute Gasteiger partial charge is 0.462 e. The Morgan fingerprint density at radius 1 is 0.608 bits per heavy atom. The van der Waals surface area contributed by atoms with E-state index >= 15 is 0 Å². The largest absolute Gasteiger partial charge is 0.472 e. The van der Waals surface area contributed by atoms with Crippen molar-refractivity contribution in [2.75, 3.05) is 26.4 Å². The van der Waals surface area contributed by atoms with Crippen molar-refractivity contribution in [1.29, 1.82) is 0 Å². The molecule has 51 heavy (non-hydrogen) atoms. The molecule has 0 saturated heterocycles. The summed E-state index contributed by atoms with van der Waals surface area (Å²) in [5.41, 5.74) is 0. The summed E-state index contributed by atoms with van der Waals surface area (Å²) in [6.07, 6.45) is 37.7. The van der Waals surface area contributed by atoms with Gasteiger partial charge in [-0.05, 0) is 51.4 Å². The Kier molecular flexibility index (Phi) is 34.4. The van der Waals surface area contributed by atoms with Crippen LogP contribution in [0.1, 0.15) is 142 Å². The summed E-state index contributed by atoms with van der Waals surface area (Å²) in [7, 11) is -4.63. The average Bonchev–Trinajstić information content (AvgIpc) is 3.12. The van der Waals surface area contributed by atoms with E-state index in [4.69, 9.17) is 19.1 Å². The molecule has 11 heteroatoms. The number of phosphoric acid groups is 1. The van der Waals surface area contributed by atoms with Gasteiger partial charge in [-0.1, -0.05) is 139 Å². The van der Waals surface area contributed by atoms with Gasteiger partial charge in [0, 0.05) is 12.8 Å². The maximum Gasteiger partial charge on any atom is 0.472 e. The second-order valence-electron chi connectivity index (χ2n) is 12.6. The molecule has 0 aromatic heterocycles. The number of hydrogen-bond donors (Lipinski definition) is 3. The maximum atomic E-state index is 12.5. The first kappa shape index (κ1) is 48.7. The lowest BCUT2D eigenvalue weighted by Crippen LogP contribution is -2.29. The van der Waals surface area contributed by atoms with Crippen molar-refractivity contribution >= 4 is 19.8 Å². The number of esters is 2. The fourth-order valence-electron chi connectivity index (χ4n) is 4.73. The van der Waals surface area contributed by atoms with Gasteiger partial charge in [0.05, 0.1) is 19.8 Å². The van der Waals surface area contributed by atoms with Gasteiger partial charge in [-0.3, -0.25) is 18.6 Å². The molecule has 0 aromatic rings. The first-order valence-corrected chi connectivity index (χ1v) is 20.7. The van der Waals surface area contributed by atoms with E-state index < -0.39 is 51.8 Å².